The van der Waals surface area contributed by atoms with Gasteiger partial charge in [-0.1, -0.05) is 13.8 Å². The molecule has 0 aliphatic rings. The van der Waals surface area contributed by atoms with Gasteiger partial charge in [0, 0.05) is 12.0 Å². The normalized spacial score (nSPS) is 11.8. The Morgan fingerprint density at radius 3 is 2.28 bits per heavy atom. The molecule has 0 saturated carbocycles. The van der Waals surface area contributed by atoms with Crippen molar-refractivity contribution in [2.45, 2.75) is 20.3 Å². The summed E-state index contributed by atoms with van der Waals surface area (Å²) < 4.78 is 35.9. The van der Waals surface area contributed by atoms with Crippen molar-refractivity contribution in [3.8, 4) is 0 Å². The van der Waals surface area contributed by atoms with Crippen LogP contribution in [-0.4, -0.2) is 25.7 Å². The van der Waals surface area contributed by atoms with Crippen molar-refractivity contribution in [3.63, 3.8) is 0 Å². The summed E-state index contributed by atoms with van der Waals surface area (Å²) >= 11 is 0. The van der Waals surface area contributed by atoms with Gasteiger partial charge in [0.15, 0.2) is 15.6 Å². The maximum atomic E-state index is 12.7. The SMILES string of the molecule is CC(C)CS(=O)(=O)CCC(=O)c1ccc(F)cc1. The third-order valence-electron chi connectivity index (χ3n) is 2.39. The van der Waals surface area contributed by atoms with Gasteiger partial charge >= 0.3 is 0 Å². The van der Waals surface area contributed by atoms with Crippen molar-refractivity contribution in [2.75, 3.05) is 11.5 Å². The molecule has 0 bridgehead atoms. The molecule has 0 saturated heterocycles. The van der Waals surface area contributed by atoms with Gasteiger partial charge in [0.05, 0.1) is 11.5 Å². The van der Waals surface area contributed by atoms with Crippen LogP contribution >= 0.6 is 0 Å². The lowest BCUT2D eigenvalue weighted by molar-refractivity contribution is 0.0988. The molecule has 18 heavy (non-hydrogen) atoms. The van der Waals surface area contributed by atoms with Crippen molar-refractivity contribution >= 4 is 15.6 Å². The zero-order chi connectivity index (χ0) is 13.8. The number of ketones is 1. The minimum atomic E-state index is -3.19. The Morgan fingerprint density at radius 2 is 1.78 bits per heavy atom. The fourth-order valence-electron chi connectivity index (χ4n) is 1.62. The Balaban J connectivity index is 2.59. The molecule has 1 aromatic carbocycles. The average Bonchev–Trinajstić information content (AvgIpc) is 2.25. The summed E-state index contributed by atoms with van der Waals surface area (Å²) in [5.74, 6) is -0.706. The standard InChI is InChI=1S/C13H17FO3S/c1-10(2)9-18(16,17)8-7-13(15)11-3-5-12(14)6-4-11/h3-6,10H,7-9H2,1-2H3. The maximum Gasteiger partial charge on any atom is 0.163 e. The first-order valence-corrected chi connectivity index (χ1v) is 7.61. The first-order valence-electron chi connectivity index (χ1n) is 5.79. The van der Waals surface area contributed by atoms with Gasteiger partial charge in [-0.25, -0.2) is 12.8 Å². The summed E-state index contributed by atoms with van der Waals surface area (Å²) in [6.07, 6.45) is -0.0549. The van der Waals surface area contributed by atoms with Crippen LogP contribution in [0.25, 0.3) is 0 Å². The van der Waals surface area contributed by atoms with E-state index in [9.17, 15) is 17.6 Å². The first kappa shape index (κ1) is 14.8. The largest absolute Gasteiger partial charge is 0.294 e. The molecule has 0 fully saturated rings. The molecular weight excluding hydrogens is 255 g/mol. The summed E-state index contributed by atoms with van der Waals surface area (Å²) in [6.45, 7) is 3.64. The molecule has 1 aromatic rings. The second kappa shape index (κ2) is 6.09. The predicted molar refractivity (Wildman–Crippen MR) is 68.8 cm³/mol. The third kappa shape index (κ3) is 4.96. The monoisotopic (exact) mass is 272 g/mol. The Bertz CT molecular complexity index is 504. The molecule has 5 heteroatoms. The van der Waals surface area contributed by atoms with Crippen molar-refractivity contribution in [2.24, 2.45) is 5.92 Å². The van der Waals surface area contributed by atoms with E-state index >= 15 is 0 Å². The highest BCUT2D eigenvalue weighted by molar-refractivity contribution is 7.91. The summed E-state index contributed by atoms with van der Waals surface area (Å²) in [5.41, 5.74) is 0.344. The van der Waals surface area contributed by atoms with Crippen LogP contribution in [0.15, 0.2) is 24.3 Å². The van der Waals surface area contributed by atoms with Gasteiger partial charge in [0.2, 0.25) is 0 Å². The molecule has 0 aromatic heterocycles. The number of benzene rings is 1. The van der Waals surface area contributed by atoms with Crippen molar-refractivity contribution < 1.29 is 17.6 Å². The first-order chi connectivity index (χ1) is 8.30. The molecular formula is C13H17FO3S. The fraction of sp³-hybridized carbons (Fsp3) is 0.462. The number of rotatable bonds is 6. The molecule has 0 aliphatic heterocycles. The van der Waals surface area contributed by atoms with Crippen molar-refractivity contribution in [1.82, 2.24) is 0 Å². The topological polar surface area (TPSA) is 51.2 Å². The van der Waals surface area contributed by atoms with Crippen LogP contribution in [0.5, 0.6) is 0 Å². The van der Waals surface area contributed by atoms with E-state index in [1.807, 2.05) is 13.8 Å². The van der Waals surface area contributed by atoms with Gasteiger partial charge in [-0.3, -0.25) is 4.79 Å². The molecule has 0 spiro atoms. The number of Topliss-reactive ketones (excluding diaryl/α,β-unsaturated/α-hetero) is 1. The third-order valence-corrected chi connectivity index (χ3v) is 4.39. The predicted octanol–water partition coefficient (Wildman–Crippen LogP) is 2.47. The molecule has 0 unspecified atom stereocenters. The van der Waals surface area contributed by atoms with Crippen LogP contribution in [-0.2, 0) is 9.84 Å². The van der Waals surface area contributed by atoms with Gasteiger partial charge in [-0.2, -0.15) is 0 Å². The van der Waals surface area contributed by atoms with E-state index in [1.165, 1.54) is 24.3 Å². The van der Waals surface area contributed by atoms with Gasteiger partial charge in [-0.15, -0.1) is 0 Å². The van der Waals surface area contributed by atoms with Crippen LogP contribution in [0.3, 0.4) is 0 Å². The number of halogens is 1. The maximum absolute atomic E-state index is 12.7. The Hall–Kier alpha value is -1.23. The molecule has 0 radical (unpaired) electrons. The van der Waals surface area contributed by atoms with Crippen LogP contribution in [0.2, 0.25) is 0 Å². The lowest BCUT2D eigenvalue weighted by atomic mass is 10.1. The van der Waals surface area contributed by atoms with E-state index in [0.717, 1.165) is 0 Å². The van der Waals surface area contributed by atoms with E-state index in [2.05, 4.69) is 0 Å². The lowest BCUT2D eigenvalue weighted by Gasteiger charge is -2.06. The number of carbonyl (C=O) groups excluding carboxylic acids is 1. The van der Waals surface area contributed by atoms with E-state index in [-0.39, 0.29) is 29.6 Å². The Morgan fingerprint density at radius 1 is 1.22 bits per heavy atom. The van der Waals surface area contributed by atoms with E-state index in [1.54, 1.807) is 0 Å². The molecule has 0 N–H and O–H groups in total. The lowest BCUT2D eigenvalue weighted by Crippen LogP contribution is -2.17. The van der Waals surface area contributed by atoms with Crippen molar-refractivity contribution in [1.29, 1.82) is 0 Å². The summed E-state index contributed by atoms with van der Waals surface area (Å²) in [6, 6.07) is 5.12. The molecule has 0 atom stereocenters. The second-order valence-corrected chi connectivity index (χ2v) is 6.92. The van der Waals surface area contributed by atoms with Gasteiger partial charge < -0.3 is 0 Å². The van der Waals surface area contributed by atoms with Crippen LogP contribution in [0.4, 0.5) is 4.39 Å². The van der Waals surface area contributed by atoms with E-state index in [0.29, 0.717) is 5.56 Å². The van der Waals surface area contributed by atoms with Crippen LogP contribution < -0.4 is 0 Å². The average molecular weight is 272 g/mol. The fourth-order valence-corrected chi connectivity index (χ4v) is 3.30. The quantitative estimate of drug-likeness (QED) is 0.747. The van der Waals surface area contributed by atoms with Crippen LogP contribution in [0, 0.1) is 11.7 Å². The second-order valence-electron chi connectivity index (χ2n) is 4.69. The zero-order valence-corrected chi connectivity index (χ0v) is 11.3. The number of sulfone groups is 1. The summed E-state index contributed by atoms with van der Waals surface area (Å²) in [7, 11) is -3.19. The van der Waals surface area contributed by atoms with Gasteiger partial charge in [-0.05, 0) is 30.2 Å². The number of hydrogen-bond donors (Lipinski definition) is 0. The summed E-state index contributed by atoms with van der Waals surface area (Å²) in [4.78, 5) is 11.7. The highest BCUT2D eigenvalue weighted by atomic mass is 32.2. The molecule has 1 rings (SSSR count). The summed E-state index contributed by atoms with van der Waals surface area (Å²) in [5, 5.41) is 0. The smallest absolute Gasteiger partial charge is 0.163 e. The Kier molecular flexibility index (Phi) is 5.02. The van der Waals surface area contributed by atoms with Crippen LogP contribution in [0.1, 0.15) is 30.6 Å². The van der Waals surface area contributed by atoms with Crippen molar-refractivity contribution in [3.05, 3.63) is 35.6 Å². The van der Waals surface area contributed by atoms with E-state index < -0.39 is 15.7 Å². The molecule has 100 valence electrons. The van der Waals surface area contributed by atoms with Gasteiger partial charge in [0.25, 0.3) is 0 Å². The van der Waals surface area contributed by atoms with Gasteiger partial charge in [0.1, 0.15) is 5.82 Å². The number of carbonyl (C=O) groups is 1. The highest BCUT2D eigenvalue weighted by Gasteiger charge is 2.16. The number of hydrogen-bond acceptors (Lipinski definition) is 3. The minimum Gasteiger partial charge on any atom is -0.294 e. The zero-order valence-electron chi connectivity index (χ0n) is 10.5. The molecule has 0 aliphatic carbocycles. The molecule has 3 nitrogen and oxygen atoms in total. The molecule has 0 amide bonds. The Labute approximate surface area is 107 Å². The highest BCUT2D eigenvalue weighted by Crippen LogP contribution is 2.08. The van der Waals surface area contributed by atoms with E-state index in [4.69, 9.17) is 0 Å². The minimum absolute atomic E-state index is 0.0518. The molecule has 0 heterocycles.